The number of nitriles is 1. The van der Waals surface area contributed by atoms with Gasteiger partial charge in [0.1, 0.15) is 28.9 Å². The minimum absolute atomic E-state index is 0.0141. The van der Waals surface area contributed by atoms with Crippen molar-refractivity contribution < 1.29 is 9.47 Å². The van der Waals surface area contributed by atoms with Crippen LogP contribution in [0, 0.1) is 11.3 Å². The Bertz CT molecular complexity index is 1030. The molecule has 0 aliphatic rings. The van der Waals surface area contributed by atoms with Gasteiger partial charge in [-0.1, -0.05) is 30.0 Å². The van der Waals surface area contributed by atoms with Gasteiger partial charge in [0.2, 0.25) is 5.95 Å². The second-order valence-electron chi connectivity index (χ2n) is 5.42. The van der Waals surface area contributed by atoms with Crippen LogP contribution in [0.4, 0.5) is 11.8 Å². The van der Waals surface area contributed by atoms with Crippen LogP contribution in [-0.4, -0.2) is 24.2 Å². The Hall–Kier alpha value is -3.44. The van der Waals surface area contributed by atoms with Crippen molar-refractivity contribution in [3.05, 3.63) is 48.0 Å². The molecular formula is C19H17N5O2S. The van der Waals surface area contributed by atoms with Crippen molar-refractivity contribution in [3.8, 4) is 28.8 Å². The molecule has 4 N–H and O–H groups in total. The molecule has 2 aromatic carbocycles. The molecule has 0 saturated heterocycles. The molecule has 0 spiro atoms. The Morgan fingerprint density at radius 3 is 2.48 bits per heavy atom. The minimum Gasteiger partial charge on any atom is -0.497 e. The standard InChI is InChI=1S/C19H17N5O2S/c1-25-11-7-8-14(26-2)16(9-11)27-15-6-4-3-5-12(15)17-13(10-20)18(21)24-19(22)23-17/h3-9H,1-2H3,(H4,21,22,23,24). The highest BCUT2D eigenvalue weighted by Crippen LogP contribution is 2.42. The molecule has 0 aliphatic heterocycles. The zero-order valence-corrected chi connectivity index (χ0v) is 15.6. The number of methoxy groups -OCH3 is 2. The zero-order chi connectivity index (χ0) is 19.4. The van der Waals surface area contributed by atoms with Gasteiger partial charge in [-0.05, 0) is 24.3 Å². The number of hydrogen-bond acceptors (Lipinski definition) is 8. The third-order valence-electron chi connectivity index (χ3n) is 3.80. The fourth-order valence-corrected chi connectivity index (χ4v) is 3.62. The number of nitrogens with two attached hydrogens (primary N) is 2. The topological polar surface area (TPSA) is 120 Å². The molecule has 0 unspecified atom stereocenters. The maximum absolute atomic E-state index is 9.49. The molecule has 7 nitrogen and oxygen atoms in total. The number of anilines is 2. The molecule has 136 valence electrons. The van der Waals surface area contributed by atoms with E-state index in [2.05, 4.69) is 16.0 Å². The summed E-state index contributed by atoms with van der Waals surface area (Å²) in [7, 11) is 3.22. The largest absolute Gasteiger partial charge is 0.497 e. The number of benzene rings is 2. The Morgan fingerprint density at radius 2 is 1.78 bits per heavy atom. The predicted octanol–water partition coefficient (Wildman–Crippen LogP) is 3.35. The predicted molar refractivity (Wildman–Crippen MR) is 105 cm³/mol. The maximum Gasteiger partial charge on any atom is 0.222 e. The van der Waals surface area contributed by atoms with E-state index in [1.54, 1.807) is 14.2 Å². The molecule has 27 heavy (non-hydrogen) atoms. The zero-order valence-electron chi connectivity index (χ0n) is 14.8. The van der Waals surface area contributed by atoms with Gasteiger partial charge in [-0.25, -0.2) is 4.98 Å². The summed E-state index contributed by atoms with van der Waals surface area (Å²) in [5.74, 6) is 1.49. The average Bonchev–Trinajstić information content (AvgIpc) is 2.67. The van der Waals surface area contributed by atoms with Gasteiger partial charge in [-0.2, -0.15) is 10.2 Å². The van der Waals surface area contributed by atoms with Crippen LogP contribution in [-0.2, 0) is 0 Å². The lowest BCUT2D eigenvalue weighted by molar-refractivity contribution is 0.394. The van der Waals surface area contributed by atoms with Crippen LogP contribution in [0.25, 0.3) is 11.3 Å². The minimum atomic E-state index is 0.0141. The Morgan fingerprint density at radius 1 is 1.00 bits per heavy atom. The summed E-state index contributed by atoms with van der Waals surface area (Å²) in [4.78, 5) is 9.84. The normalized spacial score (nSPS) is 10.3. The van der Waals surface area contributed by atoms with E-state index in [4.69, 9.17) is 20.9 Å². The molecule has 3 rings (SSSR count). The lowest BCUT2D eigenvalue weighted by Gasteiger charge is -2.14. The second-order valence-corrected chi connectivity index (χ2v) is 6.50. The van der Waals surface area contributed by atoms with Crippen LogP contribution in [0.1, 0.15) is 5.56 Å². The lowest BCUT2D eigenvalue weighted by atomic mass is 10.1. The van der Waals surface area contributed by atoms with E-state index in [-0.39, 0.29) is 17.3 Å². The smallest absolute Gasteiger partial charge is 0.222 e. The second kappa shape index (κ2) is 7.85. The Kier molecular flexibility index (Phi) is 5.33. The van der Waals surface area contributed by atoms with E-state index in [0.29, 0.717) is 17.2 Å². The third kappa shape index (κ3) is 3.73. The van der Waals surface area contributed by atoms with Crippen molar-refractivity contribution in [3.63, 3.8) is 0 Å². The van der Waals surface area contributed by atoms with E-state index in [9.17, 15) is 5.26 Å². The van der Waals surface area contributed by atoms with E-state index in [1.165, 1.54) is 11.8 Å². The van der Waals surface area contributed by atoms with Gasteiger partial charge in [-0.15, -0.1) is 0 Å². The van der Waals surface area contributed by atoms with Gasteiger partial charge < -0.3 is 20.9 Å². The van der Waals surface area contributed by atoms with Crippen molar-refractivity contribution in [2.24, 2.45) is 0 Å². The van der Waals surface area contributed by atoms with Crippen LogP contribution in [0.2, 0.25) is 0 Å². The van der Waals surface area contributed by atoms with Crippen molar-refractivity contribution >= 4 is 23.5 Å². The number of rotatable bonds is 5. The number of ether oxygens (including phenoxy) is 2. The summed E-state index contributed by atoms with van der Waals surface area (Å²) in [5, 5.41) is 9.49. The molecule has 0 saturated carbocycles. The monoisotopic (exact) mass is 379 g/mol. The van der Waals surface area contributed by atoms with E-state index >= 15 is 0 Å². The summed E-state index contributed by atoms with van der Waals surface area (Å²) in [6, 6.07) is 15.2. The summed E-state index contributed by atoms with van der Waals surface area (Å²) in [6.45, 7) is 0. The highest BCUT2D eigenvalue weighted by Gasteiger charge is 2.17. The molecule has 0 aliphatic carbocycles. The summed E-state index contributed by atoms with van der Waals surface area (Å²) in [6.07, 6.45) is 0. The Labute approximate surface area is 161 Å². The summed E-state index contributed by atoms with van der Waals surface area (Å²) in [5.41, 5.74) is 12.9. The lowest BCUT2D eigenvalue weighted by Crippen LogP contribution is -2.05. The first kappa shape index (κ1) is 18.4. The van der Waals surface area contributed by atoms with Crippen LogP contribution in [0.3, 0.4) is 0 Å². The molecule has 0 bridgehead atoms. The highest BCUT2D eigenvalue weighted by atomic mass is 32.2. The maximum atomic E-state index is 9.49. The van der Waals surface area contributed by atoms with Gasteiger partial charge in [0.25, 0.3) is 0 Å². The van der Waals surface area contributed by atoms with Gasteiger partial charge in [0.05, 0.1) is 24.8 Å². The number of aromatic nitrogens is 2. The molecule has 3 aromatic rings. The first-order chi connectivity index (χ1) is 13.1. The molecule has 0 atom stereocenters. The molecule has 8 heteroatoms. The molecular weight excluding hydrogens is 362 g/mol. The van der Waals surface area contributed by atoms with E-state index < -0.39 is 0 Å². The van der Waals surface area contributed by atoms with E-state index in [0.717, 1.165) is 15.4 Å². The summed E-state index contributed by atoms with van der Waals surface area (Å²) < 4.78 is 10.8. The highest BCUT2D eigenvalue weighted by molar-refractivity contribution is 7.99. The van der Waals surface area contributed by atoms with Crippen molar-refractivity contribution in [2.45, 2.75) is 9.79 Å². The van der Waals surface area contributed by atoms with Crippen molar-refractivity contribution in [1.29, 1.82) is 5.26 Å². The fourth-order valence-electron chi connectivity index (χ4n) is 2.53. The first-order valence-electron chi connectivity index (χ1n) is 7.89. The Balaban J connectivity index is 2.14. The average molecular weight is 379 g/mol. The number of hydrogen-bond donors (Lipinski definition) is 2. The van der Waals surface area contributed by atoms with Crippen LogP contribution in [0.5, 0.6) is 11.5 Å². The number of nitrogen functional groups attached to an aromatic ring is 2. The quantitative estimate of drug-likeness (QED) is 0.692. The summed E-state index contributed by atoms with van der Waals surface area (Å²) >= 11 is 1.46. The fraction of sp³-hybridized carbons (Fsp3) is 0.105. The molecule has 0 fully saturated rings. The molecule has 1 aromatic heterocycles. The molecule has 0 amide bonds. The molecule has 1 heterocycles. The van der Waals surface area contributed by atoms with Gasteiger partial charge in [0.15, 0.2) is 0 Å². The molecule has 0 radical (unpaired) electrons. The SMILES string of the molecule is COc1ccc(OC)c(Sc2ccccc2-c2nc(N)nc(N)c2C#N)c1. The third-order valence-corrected chi connectivity index (χ3v) is 4.91. The van der Waals surface area contributed by atoms with Crippen LogP contribution in [0.15, 0.2) is 52.3 Å². The number of nitrogens with zero attached hydrogens (tertiary/aromatic N) is 3. The van der Waals surface area contributed by atoms with Crippen LogP contribution >= 0.6 is 11.8 Å². The van der Waals surface area contributed by atoms with Gasteiger partial charge >= 0.3 is 0 Å². The van der Waals surface area contributed by atoms with Gasteiger partial charge in [-0.3, -0.25) is 0 Å². The first-order valence-corrected chi connectivity index (χ1v) is 8.71. The van der Waals surface area contributed by atoms with Gasteiger partial charge in [0, 0.05) is 10.5 Å². The van der Waals surface area contributed by atoms with E-state index in [1.807, 2.05) is 42.5 Å². The van der Waals surface area contributed by atoms with Crippen molar-refractivity contribution in [1.82, 2.24) is 9.97 Å². The van der Waals surface area contributed by atoms with Crippen molar-refractivity contribution in [2.75, 3.05) is 25.7 Å². The van der Waals surface area contributed by atoms with Crippen LogP contribution < -0.4 is 20.9 Å².